The SMILES string of the molecule is CNCc1oc2c(C(C)(C)C)ccc(C)c2c1COC. The van der Waals surface area contributed by atoms with Gasteiger partial charge in [-0.15, -0.1) is 0 Å². The first kappa shape index (κ1) is 15.1. The van der Waals surface area contributed by atoms with E-state index in [9.17, 15) is 0 Å². The van der Waals surface area contributed by atoms with Crippen molar-refractivity contribution in [2.75, 3.05) is 14.2 Å². The molecular weight excluding hydrogens is 250 g/mol. The standard InChI is InChI=1S/C17H25NO2/c1-11-7-8-13(17(2,3)4)16-15(11)12(10-19-6)14(20-16)9-18-5/h7-8,18H,9-10H2,1-6H3. The van der Waals surface area contributed by atoms with E-state index in [1.54, 1.807) is 7.11 Å². The fourth-order valence-electron chi connectivity index (χ4n) is 2.68. The average molecular weight is 275 g/mol. The summed E-state index contributed by atoms with van der Waals surface area (Å²) in [5.74, 6) is 0.976. The third-order valence-electron chi connectivity index (χ3n) is 3.66. The molecule has 0 unspecified atom stereocenters. The first-order valence-electron chi connectivity index (χ1n) is 7.08. The predicted octanol–water partition coefficient (Wildman–Crippen LogP) is 3.90. The number of fused-ring (bicyclic) bond motifs is 1. The molecule has 0 atom stereocenters. The first-order chi connectivity index (χ1) is 9.40. The molecule has 0 spiro atoms. The quantitative estimate of drug-likeness (QED) is 0.918. The van der Waals surface area contributed by atoms with E-state index < -0.39 is 0 Å². The number of hydrogen-bond acceptors (Lipinski definition) is 3. The fraction of sp³-hybridized carbons (Fsp3) is 0.529. The van der Waals surface area contributed by atoms with Gasteiger partial charge in [-0.25, -0.2) is 0 Å². The second kappa shape index (κ2) is 5.58. The van der Waals surface area contributed by atoms with Crippen molar-refractivity contribution < 1.29 is 9.15 Å². The molecule has 0 aliphatic heterocycles. The largest absolute Gasteiger partial charge is 0.459 e. The van der Waals surface area contributed by atoms with Crippen LogP contribution in [0.25, 0.3) is 11.0 Å². The van der Waals surface area contributed by atoms with E-state index >= 15 is 0 Å². The van der Waals surface area contributed by atoms with Gasteiger partial charge in [-0.1, -0.05) is 32.9 Å². The maximum absolute atomic E-state index is 6.19. The van der Waals surface area contributed by atoms with Crippen LogP contribution in [0.2, 0.25) is 0 Å². The van der Waals surface area contributed by atoms with Crippen LogP contribution in [0, 0.1) is 6.92 Å². The van der Waals surface area contributed by atoms with Gasteiger partial charge in [-0.3, -0.25) is 0 Å². The van der Waals surface area contributed by atoms with Crippen LogP contribution < -0.4 is 5.32 Å². The number of furan rings is 1. The van der Waals surface area contributed by atoms with Crippen LogP contribution in [0.1, 0.15) is 43.2 Å². The van der Waals surface area contributed by atoms with E-state index in [1.165, 1.54) is 22.1 Å². The minimum atomic E-state index is 0.0606. The van der Waals surface area contributed by atoms with Crippen molar-refractivity contribution >= 4 is 11.0 Å². The van der Waals surface area contributed by atoms with Crippen molar-refractivity contribution in [1.29, 1.82) is 0 Å². The van der Waals surface area contributed by atoms with Crippen molar-refractivity contribution in [3.63, 3.8) is 0 Å². The molecule has 0 fully saturated rings. The Labute approximate surface area is 121 Å². The van der Waals surface area contributed by atoms with Gasteiger partial charge in [0.15, 0.2) is 0 Å². The highest BCUT2D eigenvalue weighted by atomic mass is 16.5. The van der Waals surface area contributed by atoms with E-state index in [0.717, 1.165) is 17.9 Å². The van der Waals surface area contributed by atoms with Crippen LogP contribution in [-0.2, 0) is 23.3 Å². The Bertz CT molecular complexity index is 605. The molecule has 1 aromatic heterocycles. The molecule has 0 amide bonds. The summed E-state index contributed by atoms with van der Waals surface area (Å²) in [6, 6.07) is 4.36. The maximum atomic E-state index is 6.19. The second-order valence-electron chi connectivity index (χ2n) is 6.35. The lowest BCUT2D eigenvalue weighted by molar-refractivity contribution is 0.183. The fourth-order valence-corrected chi connectivity index (χ4v) is 2.68. The van der Waals surface area contributed by atoms with Crippen LogP contribution in [0.4, 0.5) is 0 Å². The van der Waals surface area contributed by atoms with Crippen LogP contribution >= 0.6 is 0 Å². The summed E-state index contributed by atoms with van der Waals surface area (Å²) in [5.41, 5.74) is 4.73. The van der Waals surface area contributed by atoms with Crippen molar-refractivity contribution in [2.45, 2.75) is 46.3 Å². The average Bonchev–Trinajstić information content (AvgIpc) is 2.69. The lowest BCUT2D eigenvalue weighted by atomic mass is 9.85. The highest BCUT2D eigenvalue weighted by Gasteiger charge is 2.23. The second-order valence-corrected chi connectivity index (χ2v) is 6.35. The molecule has 20 heavy (non-hydrogen) atoms. The van der Waals surface area contributed by atoms with Gasteiger partial charge in [0.25, 0.3) is 0 Å². The Kier molecular flexibility index (Phi) is 4.21. The summed E-state index contributed by atoms with van der Waals surface area (Å²) in [4.78, 5) is 0. The smallest absolute Gasteiger partial charge is 0.138 e. The Balaban J connectivity index is 2.77. The lowest BCUT2D eigenvalue weighted by Crippen LogP contribution is -2.11. The summed E-state index contributed by atoms with van der Waals surface area (Å²) in [5, 5.41) is 4.38. The molecule has 110 valence electrons. The number of hydrogen-bond donors (Lipinski definition) is 1. The van der Waals surface area contributed by atoms with Gasteiger partial charge in [0.2, 0.25) is 0 Å². The molecule has 1 heterocycles. The van der Waals surface area contributed by atoms with Crippen molar-refractivity contribution in [3.8, 4) is 0 Å². The Morgan fingerprint density at radius 1 is 1.25 bits per heavy atom. The molecule has 0 aliphatic carbocycles. The zero-order valence-corrected chi connectivity index (χ0v) is 13.4. The molecule has 3 heteroatoms. The summed E-state index contributed by atoms with van der Waals surface area (Å²) < 4.78 is 11.6. The van der Waals surface area contributed by atoms with Gasteiger partial charge in [-0.2, -0.15) is 0 Å². The predicted molar refractivity (Wildman–Crippen MR) is 83.1 cm³/mol. The molecule has 0 radical (unpaired) electrons. The molecular formula is C17H25NO2. The van der Waals surface area contributed by atoms with Gasteiger partial charge < -0.3 is 14.5 Å². The van der Waals surface area contributed by atoms with E-state index in [-0.39, 0.29) is 5.41 Å². The molecule has 3 nitrogen and oxygen atoms in total. The minimum absolute atomic E-state index is 0.0606. The van der Waals surface area contributed by atoms with Gasteiger partial charge in [0.05, 0.1) is 13.2 Å². The van der Waals surface area contributed by atoms with Crippen LogP contribution in [0.15, 0.2) is 16.5 Å². The third-order valence-corrected chi connectivity index (χ3v) is 3.66. The van der Waals surface area contributed by atoms with E-state index in [1.807, 2.05) is 7.05 Å². The number of nitrogens with one attached hydrogen (secondary N) is 1. The Morgan fingerprint density at radius 2 is 1.95 bits per heavy atom. The highest BCUT2D eigenvalue weighted by molar-refractivity contribution is 5.88. The highest BCUT2D eigenvalue weighted by Crippen LogP contribution is 2.37. The third kappa shape index (κ3) is 2.60. The number of methoxy groups -OCH3 is 1. The number of ether oxygens (including phenoxy) is 1. The molecule has 1 aromatic carbocycles. The molecule has 0 bridgehead atoms. The zero-order valence-electron chi connectivity index (χ0n) is 13.4. The van der Waals surface area contributed by atoms with Crippen molar-refractivity contribution in [2.24, 2.45) is 0 Å². The molecule has 2 rings (SSSR count). The number of aryl methyl sites for hydroxylation is 1. The van der Waals surface area contributed by atoms with E-state index in [4.69, 9.17) is 9.15 Å². The lowest BCUT2D eigenvalue weighted by Gasteiger charge is -2.19. The van der Waals surface area contributed by atoms with Crippen LogP contribution in [0.3, 0.4) is 0 Å². The normalized spacial score (nSPS) is 12.3. The van der Waals surface area contributed by atoms with Gasteiger partial charge in [0, 0.05) is 23.6 Å². The minimum Gasteiger partial charge on any atom is -0.459 e. The number of rotatable bonds is 4. The number of benzene rings is 1. The van der Waals surface area contributed by atoms with E-state index in [2.05, 4.69) is 45.1 Å². The molecule has 1 N–H and O–H groups in total. The summed E-state index contributed by atoms with van der Waals surface area (Å²) in [7, 11) is 3.66. The Hall–Kier alpha value is -1.32. The van der Waals surface area contributed by atoms with Gasteiger partial charge >= 0.3 is 0 Å². The van der Waals surface area contributed by atoms with Crippen LogP contribution in [-0.4, -0.2) is 14.2 Å². The topological polar surface area (TPSA) is 34.4 Å². The Morgan fingerprint density at radius 3 is 2.50 bits per heavy atom. The van der Waals surface area contributed by atoms with E-state index in [0.29, 0.717) is 6.61 Å². The zero-order chi connectivity index (χ0) is 14.9. The summed E-state index contributed by atoms with van der Waals surface area (Å²) in [6.45, 7) is 10.1. The first-order valence-corrected chi connectivity index (χ1v) is 7.08. The van der Waals surface area contributed by atoms with Crippen molar-refractivity contribution in [1.82, 2.24) is 5.32 Å². The maximum Gasteiger partial charge on any atom is 0.138 e. The molecule has 0 aliphatic rings. The van der Waals surface area contributed by atoms with Crippen molar-refractivity contribution in [3.05, 3.63) is 34.6 Å². The monoisotopic (exact) mass is 275 g/mol. The molecule has 0 saturated carbocycles. The summed E-state index contributed by atoms with van der Waals surface area (Å²) in [6.07, 6.45) is 0. The van der Waals surface area contributed by atoms with Crippen LogP contribution in [0.5, 0.6) is 0 Å². The molecule has 2 aromatic rings. The summed E-state index contributed by atoms with van der Waals surface area (Å²) >= 11 is 0. The molecule has 0 saturated heterocycles. The van der Waals surface area contributed by atoms with Gasteiger partial charge in [0.1, 0.15) is 11.3 Å². The van der Waals surface area contributed by atoms with Gasteiger partial charge in [-0.05, 0) is 24.9 Å².